The molecule has 0 amide bonds. The maximum atomic E-state index is 15.1. The third-order valence-electron chi connectivity index (χ3n) is 3.51. The summed E-state index contributed by atoms with van der Waals surface area (Å²) >= 11 is 3.07. The number of halogens is 5. The molecule has 0 aliphatic rings. The SMILES string of the molecule is C=NNC=NC[C@](O)(c1ccc(F)cc1F)C(F)(F)c1ccc(Br)cn1. The number of hydrazone groups is 1. The molecule has 0 saturated carbocycles. The average molecular weight is 433 g/mol. The quantitative estimate of drug-likeness (QED) is 0.305. The topological polar surface area (TPSA) is 69.9 Å². The van der Waals surface area contributed by atoms with E-state index in [4.69, 9.17) is 0 Å². The van der Waals surface area contributed by atoms with Crippen LogP contribution >= 0.6 is 15.9 Å². The van der Waals surface area contributed by atoms with E-state index >= 15 is 8.78 Å². The van der Waals surface area contributed by atoms with Crippen LogP contribution in [0.1, 0.15) is 11.3 Å². The van der Waals surface area contributed by atoms with Crippen molar-refractivity contribution in [2.75, 3.05) is 6.54 Å². The molecule has 2 rings (SSSR count). The van der Waals surface area contributed by atoms with Gasteiger partial charge in [-0.15, -0.1) is 0 Å². The van der Waals surface area contributed by atoms with Crippen molar-refractivity contribution >= 4 is 29.0 Å². The number of nitrogens with one attached hydrogen (secondary N) is 1. The van der Waals surface area contributed by atoms with Crippen LogP contribution in [-0.2, 0) is 11.5 Å². The van der Waals surface area contributed by atoms with Crippen molar-refractivity contribution in [3.63, 3.8) is 0 Å². The fourth-order valence-corrected chi connectivity index (χ4v) is 2.45. The summed E-state index contributed by atoms with van der Waals surface area (Å²) < 4.78 is 58.0. The highest BCUT2D eigenvalue weighted by atomic mass is 79.9. The van der Waals surface area contributed by atoms with Gasteiger partial charge in [0.05, 0.1) is 6.54 Å². The molecule has 5 nitrogen and oxygen atoms in total. The van der Waals surface area contributed by atoms with Gasteiger partial charge in [0.25, 0.3) is 0 Å². The van der Waals surface area contributed by atoms with E-state index in [2.05, 4.69) is 43.2 Å². The van der Waals surface area contributed by atoms with Crippen LogP contribution in [-0.4, -0.2) is 29.7 Å². The van der Waals surface area contributed by atoms with Gasteiger partial charge in [0.1, 0.15) is 23.7 Å². The van der Waals surface area contributed by atoms with Gasteiger partial charge in [-0.1, -0.05) is 0 Å². The highest BCUT2D eigenvalue weighted by Gasteiger charge is 2.57. The lowest BCUT2D eigenvalue weighted by Crippen LogP contribution is -2.47. The van der Waals surface area contributed by atoms with Gasteiger partial charge in [-0.3, -0.25) is 15.4 Å². The third-order valence-corrected chi connectivity index (χ3v) is 3.97. The van der Waals surface area contributed by atoms with Gasteiger partial charge in [-0.25, -0.2) is 8.78 Å². The number of aromatic nitrogens is 1. The summed E-state index contributed by atoms with van der Waals surface area (Å²) in [6.07, 6.45) is 2.02. The number of nitrogens with zero attached hydrogens (tertiary/aromatic N) is 3. The van der Waals surface area contributed by atoms with Crippen LogP contribution in [0.4, 0.5) is 17.6 Å². The molecule has 2 N–H and O–H groups in total. The molecule has 0 radical (unpaired) electrons. The van der Waals surface area contributed by atoms with Gasteiger partial charge in [-0.2, -0.15) is 13.9 Å². The highest BCUT2D eigenvalue weighted by molar-refractivity contribution is 9.10. The molecule has 0 aliphatic heterocycles. The predicted octanol–water partition coefficient (Wildman–Crippen LogP) is 3.34. The number of pyridine rings is 1. The molecule has 26 heavy (non-hydrogen) atoms. The van der Waals surface area contributed by atoms with Gasteiger partial charge < -0.3 is 5.11 Å². The lowest BCUT2D eigenvalue weighted by atomic mass is 9.84. The molecular formula is C16H13BrF4N4O. The Labute approximate surface area is 154 Å². The Bertz CT molecular complexity index is 816. The molecule has 1 atom stereocenters. The van der Waals surface area contributed by atoms with Crippen molar-refractivity contribution in [3.8, 4) is 0 Å². The zero-order valence-electron chi connectivity index (χ0n) is 13.1. The van der Waals surface area contributed by atoms with Crippen molar-refractivity contribution in [1.82, 2.24) is 10.4 Å². The second kappa shape index (κ2) is 7.92. The van der Waals surface area contributed by atoms with Gasteiger partial charge >= 0.3 is 5.92 Å². The van der Waals surface area contributed by atoms with Gasteiger partial charge in [0, 0.05) is 29.0 Å². The Kier molecular flexibility index (Phi) is 6.09. The summed E-state index contributed by atoms with van der Waals surface area (Å²) in [7, 11) is 0. The first-order valence-electron chi connectivity index (χ1n) is 7.09. The summed E-state index contributed by atoms with van der Waals surface area (Å²) in [5.74, 6) is -6.36. The summed E-state index contributed by atoms with van der Waals surface area (Å²) in [5, 5.41) is 14.0. The zero-order chi connectivity index (χ0) is 19.4. The fourth-order valence-electron chi connectivity index (χ4n) is 2.21. The highest BCUT2D eigenvalue weighted by Crippen LogP contribution is 2.46. The molecule has 0 spiro atoms. The second-order valence-electron chi connectivity index (χ2n) is 5.18. The summed E-state index contributed by atoms with van der Waals surface area (Å²) in [5.41, 5.74) is -2.58. The Balaban J connectivity index is 2.58. The Morgan fingerprint density at radius 2 is 2.00 bits per heavy atom. The molecule has 10 heteroatoms. The Morgan fingerprint density at radius 3 is 2.58 bits per heavy atom. The van der Waals surface area contributed by atoms with Crippen LogP contribution in [0.3, 0.4) is 0 Å². The number of benzene rings is 1. The second-order valence-corrected chi connectivity index (χ2v) is 6.09. The first-order chi connectivity index (χ1) is 12.2. The van der Waals surface area contributed by atoms with Crippen molar-refractivity contribution in [1.29, 1.82) is 0 Å². The number of hydrogen-bond donors (Lipinski definition) is 2. The maximum absolute atomic E-state index is 15.1. The van der Waals surface area contributed by atoms with Crippen molar-refractivity contribution in [2.45, 2.75) is 11.5 Å². The first-order valence-corrected chi connectivity index (χ1v) is 7.89. The Hall–Kier alpha value is -2.33. The van der Waals surface area contributed by atoms with Crippen LogP contribution in [0.25, 0.3) is 0 Å². The predicted molar refractivity (Wildman–Crippen MR) is 92.1 cm³/mol. The van der Waals surface area contributed by atoms with E-state index in [1.165, 1.54) is 6.07 Å². The minimum Gasteiger partial charge on any atom is -0.377 e. The van der Waals surface area contributed by atoms with Crippen molar-refractivity contribution < 1.29 is 22.7 Å². The minimum absolute atomic E-state index is 0.401. The van der Waals surface area contributed by atoms with E-state index in [9.17, 15) is 13.9 Å². The Morgan fingerprint density at radius 1 is 1.27 bits per heavy atom. The summed E-state index contributed by atoms with van der Waals surface area (Å²) in [6.45, 7) is 2.15. The van der Waals surface area contributed by atoms with Crippen LogP contribution in [0.5, 0.6) is 0 Å². The fraction of sp³-hybridized carbons (Fsp3) is 0.188. The smallest absolute Gasteiger partial charge is 0.323 e. The lowest BCUT2D eigenvalue weighted by Gasteiger charge is -2.34. The zero-order valence-corrected chi connectivity index (χ0v) is 14.7. The van der Waals surface area contributed by atoms with E-state index < -0.39 is 41.0 Å². The van der Waals surface area contributed by atoms with Crippen molar-refractivity contribution in [2.24, 2.45) is 10.1 Å². The van der Waals surface area contributed by atoms with Gasteiger partial charge in [0.15, 0.2) is 5.60 Å². The molecule has 1 aromatic heterocycles. The molecule has 138 valence electrons. The normalized spacial score (nSPS) is 14.2. The third kappa shape index (κ3) is 3.91. The van der Waals surface area contributed by atoms with Crippen LogP contribution in [0, 0.1) is 11.6 Å². The number of aliphatic imine (C=N–C) groups is 1. The average Bonchev–Trinajstić information content (AvgIpc) is 2.58. The molecule has 0 fully saturated rings. The monoisotopic (exact) mass is 432 g/mol. The molecule has 0 saturated heterocycles. The lowest BCUT2D eigenvalue weighted by molar-refractivity contribution is -0.193. The maximum Gasteiger partial charge on any atom is 0.323 e. The van der Waals surface area contributed by atoms with Gasteiger partial charge in [-0.05, 0) is 40.2 Å². The van der Waals surface area contributed by atoms with E-state index in [1.54, 1.807) is 0 Å². The first kappa shape index (κ1) is 20.0. The number of rotatable bonds is 7. The molecule has 0 bridgehead atoms. The van der Waals surface area contributed by atoms with Crippen molar-refractivity contribution in [3.05, 3.63) is 63.9 Å². The van der Waals surface area contributed by atoms with E-state index in [1.807, 2.05) is 0 Å². The van der Waals surface area contributed by atoms with Gasteiger partial charge in [0.2, 0.25) is 0 Å². The van der Waals surface area contributed by atoms with Crippen LogP contribution in [0.2, 0.25) is 0 Å². The molecule has 1 aromatic carbocycles. The molecule has 0 unspecified atom stereocenters. The summed E-state index contributed by atoms with van der Waals surface area (Å²) in [4.78, 5) is 7.17. The van der Waals surface area contributed by atoms with E-state index in [-0.39, 0.29) is 0 Å². The summed E-state index contributed by atoms with van der Waals surface area (Å²) in [6, 6.07) is 4.18. The number of hydrogen-bond acceptors (Lipinski definition) is 4. The van der Waals surface area contributed by atoms with Crippen LogP contribution < -0.4 is 5.43 Å². The van der Waals surface area contributed by atoms with E-state index in [0.717, 1.165) is 30.7 Å². The minimum atomic E-state index is -4.05. The number of alkyl halides is 2. The largest absolute Gasteiger partial charge is 0.377 e. The van der Waals surface area contributed by atoms with E-state index in [0.29, 0.717) is 10.5 Å². The molecule has 0 aliphatic carbocycles. The molecule has 2 aromatic rings. The molecule has 1 heterocycles. The number of aliphatic hydroxyl groups is 1. The molecular weight excluding hydrogens is 420 g/mol. The standard InChI is InChI=1S/C16H13BrF4N4O/c1-22-25-9-23-8-15(26,12-4-3-11(18)6-13(12)19)16(20,21)14-5-2-10(17)7-24-14/h2-7,9,26H,1,8H2,(H,23,25)/t15-/m0/s1. The van der Waals surface area contributed by atoms with Crippen LogP contribution in [0.15, 0.2) is 51.1 Å².